The number of aromatic nitrogens is 3. The van der Waals surface area contributed by atoms with Gasteiger partial charge in [0.15, 0.2) is 5.82 Å². The molecule has 1 aliphatic heterocycles. The number of carbonyl (C=O) groups excluding carboxylic acids is 1. The minimum atomic E-state index is -0.147. The number of anilines is 2. The summed E-state index contributed by atoms with van der Waals surface area (Å²) in [7, 11) is 0. The van der Waals surface area contributed by atoms with E-state index >= 15 is 0 Å². The number of nitrogens with one attached hydrogen (secondary N) is 1. The fraction of sp³-hybridized carbons (Fsp3) is 0.261. The molecule has 1 aromatic carbocycles. The van der Waals surface area contributed by atoms with Gasteiger partial charge in [-0.15, -0.1) is 11.3 Å². The van der Waals surface area contributed by atoms with E-state index in [1.807, 2.05) is 54.1 Å². The summed E-state index contributed by atoms with van der Waals surface area (Å²) in [6.45, 7) is 5.40. The predicted octanol–water partition coefficient (Wildman–Crippen LogP) is 4.59. The van der Waals surface area contributed by atoms with Crippen molar-refractivity contribution in [3.63, 3.8) is 0 Å². The van der Waals surface area contributed by atoms with Crippen molar-refractivity contribution in [3.8, 4) is 0 Å². The maximum absolute atomic E-state index is 13.1. The van der Waals surface area contributed by atoms with Crippen LogP contribution in [0, 0.1) is 6.92 Å². The molecule has 1 saturated heterocycles. The average molecular weight is 468 g/mol. The van der Waals surface area contributed by atoms with E-state index in [0.29, 0.717) is 35.3 Å². The highest BCUT2D eigenvalue weighted by molar-refractivity contribution is 7.20. The Hall–Kier alpha value is -2.94. The Balaban J connectivity index is 1.40. The molecule has 164 valence electrons. The Morgan fingerprint density at radius 3 is 2.78 bits per heavy atom. The molecule has 4 heterocycles. The van der Waals surface area contributed by atoms with Gasteiger partial charge >= 0.3 is 0 Å². The molecule has 1 aliphatic rings. The molecular formula is C23H22ClN5O2S. The first-order chi connectivity index (χ1) is 15.6. The number of morpholine rings is 1. The molecule has 1 fully saturated rings. The molecule has 0 atom stereocenters. The highest BCUT2D eigenvalue weighted by atomic mass is 35.5. The van der Waals surface area contributed by atoms with Crippen molar-refractivity contribution in [2.24, 2.45) is 0 Å². The Labute approximate surface area is 194 Å². The lowest BCUT2D eigenvalue weighted by atomic mass is 10.2. The van der Waals surface area contributed by atoms with Crippen molar-refractivity contribution in [1.29, 1.82) is 0 Å². The quantitative estimate of drug-likeness (QED) is 0.464. The van der Waals surface area contributed by atoms with E-state index in [4.69, 9.17) is 16.3 Å². The molecule has 3 aromatic heterocycles. The first-order valence-electron chi connectivity index (χ1n) is 10.4. The molecule has 7 nitrogen and oxygen atoms in total. The van der Waals surface area contributed by atoms with Crippen molar-refractivity contribution in [2.45, 2.75) is 13.5 Å². The smallest absolute Gasteiger partial charge is 0.265 e. The first-order valence-corrected chi connectivity index (χ1v) is 11.6. The number of fused-ring (bicyclic) bond motifs is 1. The number of carbonyl (C=O) groups is 1. The Morgan fingerprint density at radius 1 is 1.22 bits per heavy atom. The van der Waals surface area contributed by atoms with Gasteiger partial charge in [0, 0.05) is 29.7 Å². The summed E-state index contributed by atoms with van der Waals surface area (Å²) >= 11 is 7.44. The van der Waals surface area contributed by atoms with E-state index in [1.54, 1.807) is 6.20 Å². The van der Waals surface area contributed by atoms with E-state index < -0.39 is 0 Å². The van der Waals surface area contributed by atoms with E-state index in [0.717, 1.165) is 40.4 Å². The lowest BCUT2D eigenvalue weighted by Crippen LogP contribution is -2.37. The molecule has 0 saturated carbocycles. The third-order valence-corrected chi connectivity index (χ3v) is 6.82. The second kappa shape index (κ2) is 8.90. The fourth-order valence-corrected chi connectivity index (χ4v) is 4.98. The summed E-state index contributed by atoms with van der Waals surface area (Å²) in [5, 5.41) is 9.41. The normalized spacial score (nSPS) is 14.1. The lowest BCUT2D eigenvalue weighted by Gasteiger charge is -2.29. The van der Waals surface area contributed by atoms with Gasteiger partial charge in [0.2, 0.25) is 0 Å². The van der Waals surface area contributed by atoms with Crippen LogP contribution < -0.4 is 10.2 Å². The topological polar surface area (TPSA) is 72.3 Å². The van der Waals surface area contributed by atoms with Crippen molar-refractivity contribution < 1.29 is 9.53 Å². The summed E-state index contributed by atoms with van der Waals surface area (Å²) in [5.41, 5.74) is 2.71. The molecular weight excluding hydrogens is 446 g/mol. The van der Waals surface area contributed by atoms with Crippen LogP contribution in [0.15, 0.2) is 48.7 Å². The zero-order valence-corrected chi connectivity index (χ0v) is 19.1. The summed E-state index contributed by atoms with van der Waals surface area (Å²) < 4.78 is 7.38. The van der Waals surface area contributed by atoms with E-state index in [-0.39, 0.29) is 5.91 Å². The Morgan fingerprint density at radius 2 is 2.00 bits per heavy atom. The fourth-order valence-electron chi connectivity index (χ4n) is 3.80. The monoisotopic (exact) mass is 467 g/mol. The van der Waals surface area contributed by atoms with Crippen LogP contribution in [0.5, 0.6) is 0 Å². The van der Waals surface area contributed by atoms with Gasteiger partial charge in [0.25, 0.3) is 5.91 Å². The summed E-state index contributed by atoms with van der Waals surface area (Å²) in [6, 6.07) is 13.4. The highest BCUT2D eigenvalue weighted by Crippen LogP contribution is 2.31. The average Bonchev–Trinajstić information content (AvgIpc) is 3.38. The van der Waals surface area contributed by atoms with Crippen LogP contribution in [-0.4, -0.2) is 47.0 Å². The minimum Gasteiger partial charge on any atom is -0.378 e. The molecule has 9 heteroatoms. The second-order valence-corrected chi connectivity index (χ2v) is 9.09. The molecule has 0 aliphatic carbocycles. The third-order valence-electron chi connectivity index (χ3n) is 5.42. The van der Waals surface area contributed by atoms with Crippen molar-refractivity contribution in [1.82, 2.24) is 14.8 Å². The van der Waals surface area contributed by atoms with Crippen LogP contribution in [-0.2, 0) is 11.3 Å². The number of amides is 1. The highest BCUT2D eigenvalue weighted by Gasteiger charge is 2.20. The number of thiophene rings is 1. The molecule has 1 amide bonds. The van der Waals surface area contributed by atoms with Gasteiger partial charge in [-0.3, -0.25) is 9.48 Å². The van der Waals surface area contributed by atoms with Crippen LogP contribution in [0.25, 0.3) is 10.2 Å². The standard InChI is InChI=1S/C23H22ClN5O2S/c1-15-18-13-20(32-23(18)29(27-15)14-16-4-6-17(24)7-5-16)22(30)26-19-3-2-8-25-21(19)28-9-11-31-12-10-28/h2-8,13H,9-12,14H2,1H3,(H,26,30). The number of benzene rings is 1. The number of rotatable bonds is 5. The minimum absolute atomic E-state index is 0.147. The van der Waals surface area contributed by atoms with Crippen molar-refractivity contribution >= 4 is 50.6 Å². The molecule has 0 unspecified atom stereocenters. The van der Waals surface area contributed by atoms with Gasteiger partial charge in [-0.1, -0.05) is 23.7 Å². The van der Waals surface area contributed by atoms with Gasteiger partial charge in [0.1, 0.15) is 4.83 Å². The van der Waals surface area contributed by atoms with Gasteiger partial charge in [-0.05, 0) is 42.8 Å². The van der Waals surface area contributed by atoms with E-state index in [9.17, 15) is 4.79 Å². The third kappa shape index (κ3) is 4.21. The summed E-state index contributed by atoms with van der Waals surface area (Å²) in [4.78, 5) is 21.4. The van der Waals surface area contributed by atoms with E-state index in [2.05, 4.69) is 20.3 Å². The number of hydrogen-bond donors (Lipinski definition) is 1. The molecule has 0 bridgehead atoms. The molecule has 4 aromatic rings. The Bertz CT molecular complexity index is 1260. The lowest BCUT2D eigenvalue weighted by molar-refractivity contribution is 0.103. The number of nitrogens with zero attached hydrogens (tertiary/aromatic N) is 4. The molecule has 0 spiro atoms. The van der Waals surface area contributed by atoms with Crippen LogP contribution in [0.2, 0.25) is 5.02 Å². The van der Waals surface area contributed by atoms with Gasteiger partial charge < -0.3 is 15.0 Å². The first kappa shape index (κ1) is 20.9. The number of hydrogen-bond acceptors (Lipinski definition) is 6. The zero-order valence-electron chi connectivity index (χ0n) is 17.5. The van der Waals surface area contributed by atoms with Gasteiger partial charge in [-0.2, -0.15) is 5.10 Å². The summed E-state index contributed by atoms with van der Waals surface area (Å²) in [5.74, 6) is 0.626. The maximum atomic E-state index is 13.1. The largest absolute Gasteiger partial charge is 0.378 e. The van der Waals surface area contributed by atoms with Crippen molar-refractivity contribution in [3.05, 3.63) is 69.8 Å². The van der Waals surface area contributed by atoms with Crippen LogP contribution in [0.1, 0.15) is 20.9 Å². The number of aryl methyl sites for hydroxylation is 1. The number of halogens is 1. The zero-order chi connectivity index (χ0) is 22.1. The molecule has 32 heavy (non-hydrogen) atoms. The second-order valence-electron chi connectivity index (χ2n) is 7.63. The number of pyridine rings is 1. The Kier molecular flexibility index (Phi) is 5.82. The maximum Gasteiger partial charge on any atom is 0.265 e. The van der Waals surface area contributed by atoms with Crippen LogP contribution in [0.3, 0.4) is 0 Å². The summed E-state index contributed by atoms with van der Waals surface area (Å²) in [6.07, 6.45) is 1.74. The van der Waals surface area contributed by atoms with Gasteiger partial charge in [0.05, 0.1) is 36.0 Å². The van der Waals surface area contributed by atoms with Crippen LogP contribution >= 0.6 is 22.9 Å². The molecule has 0 radical (unpaired) electrons. The van der Waals surface area contributed by atoms with Gasteiger partial charge in [-0.25, -0.2) is 4.98 Å². The van der Waals surface area contributed by atoms with Crippen molar-refractivity contribution in [2.75, 3.05) is 36.5 Å². The molecule has 5 rings (SSSR count). The van der Waals surface area contributed by atoms with E-state index in [1.165, 1.54) is 11.3 Å². The predicted molar refractivity (Wildman–Crippen MR) is 128 cm³/mol. The van der Waals surface area contributed by atoms with Crippen LogP contribution in [0.4, 0.5) is 11.5 Å². The molecule has 1 N–H and O–H groups in total. The number of ether oxygens (including phenoxy) is 1. The SMILES string of the molecule is Cc1nn(Cc2ccc(Cl)cc2)c2sc(C(=O)Nc3cccnc3N3CCOCC3)cc12.